The topological polar surface area (TPSA) is 12.5 Å². The molecule has 2 nitrogen and oxygen atoms in total. The van der Waals surface area contributed by atoms with E-state index < -0.39 is 0 Å². The van der Waals surface area contributed by atoms with Gasteiger partial charge in [0.25, 0.3) is 0 Å². The van der Waals surface area contributed by atoms with Gasteiger partial charge in [0, 0.05) is 33.6 Å². The van der Waals surface area contributed by atoms with Gasteiger partial charge in [-0.3, -0.25) is 4.90 Å². The number of nitrogens with zero attached hydrogens (tertiary/aromatic N) is 1. The SMILES string of the molecule is BC1CN(C(C)(C)C)CC(C(C)SCI)O1. The van der Waals surface area contributed by atoms with Gasteiger partial charge in [0.15, 0.2) is 0 Å². The number of thioether (sulfide) groups is 1. The smallest absolute Gasteiger partial charge is 0.140 e. The average molecular weight is 355 g/mol. The fourth-order valence-corrected chi connectivity index (χ4v) is 4.27. The van der Waals surface area contributed by atoms with Crippen LogP contribution in [0.4, 0.5) is 0 Å². The summed E-state index contributed by atoms with van der Waals surface area (Å²) in [5, 5.41) is 0.587. The van der Waals surface area contributed by atoms with Crippen molar-refractivity contribution in [2.24, 2.45) is 0 Å². The quantitative estimate of drug-likeness (QED) is 0.436. The Morgan fingerprint density at radius 2 is 2.12 bits per heavy atom. The third-order valence-electron chi connectivity index (χ3n) is 3.08. The van der Waals surface area contributed by atoms with Gasteiger partial charge in [-0.25, -0.2) is 0 Å². The zero-order valence-electron chi connectivity index (χ0n) is 11.0. The zero-order chi connectivity index (χ0) is 12.3. The van der Waals surface area contributed by atoms with E-state index in [1.54, 1.807) is 0 Å². The summed E-state index contributed by atoms with van der Waals surface area (Å²) in [6.45, 7) is 11.3. The fourth-order valence-electron chi connectivity index (χ4n) is 2.00. The zero-order valence-corrected chi connectivity index (χ0v) is 14.0. The van der Waals surface area contributed by atoms with E-state index in [4.69, 9.17) is 4.74 Å². The lowest BCUT2D eigenvalue weighted by Gasteiger charge is -2.45. The fraction of sp³-hybridized carbons (Fsp3) is 1.00. The third-order valence-corrected chi connectivity index (χ3v) is 5.12. The van der Waals surface area contributed by atoms with Gasteiger partial charge in [0.2, 0.25) is 0 Å². The van der Waals surface area contributed by atoms with E-state index in [-0.39, 0.29) is 5.54 Å². The van der Waals surface area contributed by atoms with Gasteiger partial charge in [-0.05, 0) is 20.8 Å². The molecule has 0 amide bonds. The minimum absolute atomic E-state index is 0.255. The van der Waals surface area contributed by atoms with Crippen LogP contribution in [0.25, 0.3) is 0 Å². The first-order chi connectivity index (χ1) is 7.34. The molecule has 0 saturated carbocycles. The molecule has 94 valence electrons. The molecule has 1 aliphatic heterocycles. The summed E-state index contributed by atoms with van der Waals surface area (Å²) >= 11 is 4.41. The summed E-state index contributed by atoms with van der Waals surface area (Å²) in [4.78, 5) is 2.55. The third kappa shape index (κ3) is 4.39. The summed E-state index contributed by atoms with van der Waals surface area (Å²) in [6.07, 6.45) is 0.378. The predicted octanol–water partition coefficient (Wildman–Crippen LogP) is 1.96. The van der Waals surface area contributed by atoms with Gasteiger partial charge in [-0.15, -0.1) is 11.8 Å². The van der Waals surface area contributed by atoms with Crippen molar-refractivity contribution >= 4 is 42.2 Å². The molecule has 3 unspecified atom stereocenters. The number of rotatable bonds is 3. The van der Waals surface area contributed by atoms with Crippen LogP contribution in [0.3, 0.4) is 0 Å². The van der Waals surface area contributed by atoms with Crippen molar-refractivity contribution in [2.45, 2.75) is 50.6 Å². The van der Waals surface area contributed by atoms with Crippen molar-refractivity contribution in [3.63, 3.8) is 0 Å². The summed E-state index contributed by atoms with van der Waals surface area (Å²) in [5.41, 5.74) is 0.255. The minimum atomic E-state index is 0.255. The summed E-state index contributed by atoms with van der Waals surface area (Å²) in [7, 11) is 2.19. The Hall–Kier alpha value is 1.06. The van der Waals surface area contributed by atoms with Crippen molar-refractivity contribution in [3.8, 4) is 0 Å². The van der Waals surface area contributed by atoms with Crippen molar-refractivity contribution in [2.75, 3.05) is 16.8 Å². The van der Waals surface area contributed by atoms with Crippen LogP contribution in [0.1, 0.15) is 27.7 Å². The second-order valence-electron chi connectivity index (χ2n) is 5.54. The molecule has 5 heteroatoms. The highest BCUT2D eigenvalue weighted by Gasteiger charge is 2.33. The molecule has 16 heavy (non-hydrogen) atoms. The van der Waals surface area contributed by atoms with E-state index in [2.05, 4.69) is 63.0 Å². The number of halogens is 1. The van der Waals surface area contributed by atoms with Crippen molar-refractivity contribution in [1.29, 1.82) is 0 Å². The second kappa shape index (κ2) is 6.30. The van der Waals surface area contributed by atoms with Crippen LogP contribution in [-0.2, 0) is 4.74 Å². The molecule has 0 spiro atoms. The lowest BCUT2D eigenvalue weighted by molar-refractivity contribution is -0.0746. The van der Waals surface area contributed by atoms with Gasteiger partial charge >= 0.3 is 0 Å². The van der Waals surface area contributed by atoms with E-state index >= 15 is 0 Å². The van der Waals surface area contributed by atoms with E-state index in [1.807, 2.05) is 11.8 Å². The number of hydrogen-bond donors (Lipinski definition) is 0. The molecule has 1 heterocycles. The average Bonchev–Trinajstić information content (AvgIpc) is 2.16. The monoisotopic (exact) mass is 355 g/mol. The van der Waals surface area contributed by atoms with E-state index in [1.165, 1.54) is 0 Å². The second-order valence-corrected chi connectivity index (χ2v) is 8.71. The minimum Gasteiger partial charge on any atom is -0.380 e. The number of alkyl halides is 1. The van der Waals surface area contributed by atoms with Gasteiger partial charge in [0.05, 0.1) is 6.10 Å². The largest absolute Gasteiger partial charge is 0.380 e. The number of hydrogen-bond acceptors (Lipinski definition) is 3. The molecule has 1 rings (SSSR count). The maximum absolute atomic E-state index is 6.06. The molecule has 3 atom stereocenters. The number of morpholine rings is 1. The van der Waals surface area contributed by atoms with Crippen molar-refractivity contribution < 1.29 is 4.74 Å². The van der Waals surface area contributed by atoms with Crippen LogP contribution in [0.5, 0.6) is 0 Å². The van der Waals surface area contributed by atoms with Crippen molar-refractivity contribution in [1.82, 2.24) is 4.90 Å². The molecule has 1 aliphatic rings. The molecule has 1 fully saturated rings. The van der Waals surface area contributed by atoms with Gasteiger partial charge in [0.1, 0.15) is 7.85 Å². The van der Waals surface area contributed by atoms with E-state index in [0.29, 0.717) is 17.4 Å². The summed E-state index contributed by atoms with van der Waals surface area (Å²) in [5.74, 6) is 0. The molecular formula is C11H23BINOS. The Balaban J connectivity index is 2.60. The predicted molar refractivity (Wildman–Crippen MR) is 84.5 cm³/mol. The molecule has 1 saturated heterocycles. The van der Waals surface area contributed by atoms with Crippen LogP contribution in [0.15, 0.2) is 0 Å². The van der Waals surface area contributed by atoms with Crippen LogP contribution in [0, 0.1) is 0 Å². The molecule has 0 aliphatic carbocycles. The normalized spacial score (nSPS) is 30.3. The Morgan fingerprint density at radius 1 is 1.50 bits per heavy atom. The van der Waals surface area contributed by atoms with E-state index in [9.17, 15) is 0 Å². The lowest BCUT2D eigenvalue weighted by atomic mass is 9.93. The first kappa shape index (κ1) is 15.1. The summed E-state index contributed by atoms with van der Waals surface area (Å²) < 4.78 is 7.20. The van der Waals surface area contributed by atoms with Crippen LogP contribution in [0.2, 0.25) is 0 Å². The highest BCUT2D eigenvalue weighted by molar-refractivity contribution is 14.1. The highest BCUT2D eigenvalue weighted by Crippen LogP contribution is 2.26. The van der Waals surface area contributed by atoms with Gasteiger partial charge in [-0.1, -0.05) is 29.5 Å². The molecule has 0 aromatic heterocycles. The first-order valence-corrected chi connectivity index (χ1v) is 8.50. The van der Waals surface area contributed by atoms with Gasteiger partial charge < -0.3 is 4.74 Å². The van der Waals surface area contributed by atoms with Crippen LogP contribution >= 0.6 is 34.4 Å². The Bertz CT molecular complexity index is 225. The lowest BCUT2D eigenvalue weighted by Crippen LogP contribution is -2.56. The molecule has 0 bridgehead atoms. The Morgan fingerprint density at radius 3 is 2.62 bits per heavy atom. The Kier molecular flexibility index (Phi) is 5.95. The molecule has 0 radical (unpaired) electrons. The van der Waals surface area contributed by atoms with Crippen molar-refractivity contribution in [3.05, 3.63) is 0 Å². The standard InChI is InChI=1S/C11H23BINOS/c1-8(16-7-13)9-5-14(11(2,3)4)6-10(12)15-9/h8-10H,5-7,12H2,1-4H3. The van der Waals surface area contributed by atoms with Crippen LogP contribution < -0.4 is 0 Å². The molecule has 0 N–H and O–H groups in total. The maximum atomic E-state index is 6.06. The highest BCUT2D eigenvalue weighted by atomic mass is 127. The summed E-state index contributed by atoms with van der Waals surface area (Å²) in [6, 6.07) is 0.357. The van der Waals surface area contributed by atoms with Crippen LogP contribution in [-0.4, -0.2) is 52.5 Å². The molecular weight excluding hydrogens is 332 g/mol. The maximum Gasteiger partial charge on any atom is 0.140 e. The van der Waals surface area contributed by atoms with Gasteiger partial charge in [-0.2, -0.15) is 0 Å². The molecule has 0 aromatic carbocycles. The Labute approximate surface area is 119 Å². The molecule has 0 aromatic rings. The first-order valence-electron chi connectivity index (χ1n) is 5.92. The number of ether oxygens (including phenoxy) is 1. The van der Waals surface area contributed by atoms with E-state index in [0.717, 1.165) is 16.8 Å².